The molecule has 0 spiro atoms. The summed E-state index contributed by atoms with van der Waals surface area (Å²) in [6, 6.07) is 7.71. The van der Waals surface area contributed by atoms with Crippen molar-refractivity contribution >= 4 is 5.91 Å². The maximum atomic E-state index is 12.1. The number of hydrogen-bond donors (Lipinski definition) is 2. The van der Waals surface area contributed by atoms with E-state index in [1.54, 1.807) is 7.11 Å². The summed E-state index contributed by atoms with van der Waals surface area (Å²) >= 11 is 0. The maximum absolute atomic E-state index is 12.1. The molecule has 4 nitrogen and oxygen atoms in total. The number of nitrogens with one attached hydrogen (secondary N) is 2. The topological polar surface area (TPSA) is 50.4 Å². The number of methoxy groups -OCH3 is 1. The third-order valence-electron chi connectivity index (χ3n) is 3.58. The highest BCUT2D eigenvalue weighted by molar-refractivity contribution is 5.81. The van der Waals surface area contributed by atoms with Crippen molar-refractivity contribution in [1.29, 1.82) is 0 Å². The molecule has 1 amide bonds. The van der Waals surface area contributed by atoms with E-state index in [2.05, 4.69) is 17.6 Å². The van der Waals surface area contributed by atoms with Crippen molar-refractivity contribution < 1.29 is 9.53 Å². The van der Waals surface area contributed by atoms with Gasteiger partial charge in [-0.05, 0) is 43.0 Å². The lowest BCUT2D eigenvalue weighted by Crippen LogP contribution is -2.48. The molecule has 4 heteroatoms. The van der Waals surface area contributed by atoms with Crippen LogP contribution in [0.15, 0.2) is 24.3 Å². The van der Waals surface area contributed by atoms with Crippen LogP contribution in [0.3, 0.4) is 0 Å². The predicted molar refractivity (Wildman–Crippen MR) is 75.0 cm³/mol. The van der Waals surface area contributed by atoms with Crippen LogP contribution >= 0.6 is 0 Å². The molecule has 1 aliphatic heterocycles. The first-order chi connectivity index (χ1) is 9.19. The van der Waals surface area contributed by atoms with Gasteiger partial charge in [0.1, 0.15) is 5.75 Å². The van der Waals surface area contributed by atoms with Crippen molar-refractivity contribution in [1.82, 2.24) is 10.6 Å². The van der Waals surface area contributed by atoms with Crippen molar-refractivity contribution in [2.75, 3.05) is 13.7 Å². The summed E-state index contributed by atoms with van der Waals surface area (Å²) in [7, 11) is 1.64. The summed E-state index contributed by atoms with van der Waals surface area (Å²) in [6.45, 7) is 3.67. The number of carbonyl (C=O) groups excluding carboxylic acids is 1. The van der Waals surface area contributed by atoms with Gasteiger partial charge in [-0.25, -0.2) is 0 Å². The number of carbonyl (C=O) groups is 1. The van der Waals surface area contributed by atoms with Crippen molar-refractivity contribution in [3.8, 4) is 5.75 Å². The van der Waals surface area contributed by atoms with E-state index < -0.39 is 0 Å². The minimum atomic E-state index is -0.0469. The van der Waals surface area contributed by atoms with Crippen LogP contribution in [-0.4, -0.2) is 25.6 Å². The molecular weight excluding hydrogens is 240 g/mol. The average Bonchev–Trinajstić information content (AvgIpc) is 2.45. The van der Waals surface area contributed by atoms with Crippen LogP contribution in [0.25, 0.3) is 0 Å². The van der Waals surface area contributed by atoms with Gasteiger partial charge in [-0.2, -0.15) is 0 Å². The van der Waals surface area contributed by atoms with Gasteiger partial charge in [0.05, 0.1) is 13.2 Å². The van der Waals surface area contributed by atoms with E-state index in [-0.39, 0.29) is 11.9 Å². The zero-order valence-electron chi connectivity index (χ0n) is 11.6. The monoisotopic (exact) mass is 262 g/mol. The van der Waals surface area contributed by atoms with Crippen LogP contribution in [0.4, 0.5) is 0 Å². The molecule has 104 valence electrons. The van der Waals surface area contributed by atoms with Crippen molar-refractivity contribution in [3.05, 3.63) is 29.8 Å². The predicted octanol–water partition coefficient (Wildman–Crippen LogP) is 1.70. The van der Waals surface area contributed by atoms with Crippen molar-refractivity contribution in [2.45, 2.75) is 32.4 Å². The molecule has 0 saturated carbocycles. The fraction of sp³-hybridized carbons (Fsp3) is 0.533. The molecule has 1 aromatic rings. The number of ether oxygens (including phenoxy) is 1. The number of benzene rings is 1. The first-order valence-electron chi connectivity index (χ1n) is 6.83. The SMILES string of the molecule is COc1cccc(CNC(=O)C2CC(C)CCN2)c1. The second-order valence-electron chi connectivity index (χ2n) is 5.21. The number of piperidine rings is 1. The Morgan fingerprint density at radius 3 is 3.11 bits per heavy atom. The van der Waals surface area contributed by atoms with Crippen LogP contribution in [0.1, 0.15) is 25.3 Å². The van der Waals surface area contributed by atoms with Crippen LogP contribution in [0.5, 0.6) is 5.75 Å². The van der Waals surface area contributed by atoms with E-state index in [9.17, 15) is 4.79 Å². The van der Waals surface area contributed by atoms with Gasteiger partial charge in [-0.1, -0.05) is 19.1 Å². The number of amides is 1. The molecule has 19 heavy (non-hydrogen) atoms. The Balaban J connectivity index is 1.85. The van der Waals surface area contributed by atoms with E-state index in [4.69, 9.17) is 4.74 Å². The average molecular weight is 262 g/mol. The first-order valence-corrected chi connectivity index (χ1v) is 6.83. The largest absolute Gasteiger partial charge is 0.497 e. The lowest BCUT2D eigenvalue weighted by molar-refractivity contribution is -0.124. The molecule has 0 aromatic heterocycles. The summed E-state index contributed by atoms with van der Waals surface area (Å²) in [5.74, 6) is 1.53. The molecule has 2 N–H and O–H groups in total. The summed E-state index contributed by atoms with van der Waals surface area (Å²) < 4.78 is 5.17. The highest BCUT2D eigenvalue weighted by Gasteiger charge is 2.23. The smallest absolute Gasteiger partial charge is 0.237 e. The Kier molecular flexibility index (Phi) is 4.80. The Labute approximate surface area is 114 Å². The second kappa shape index (κ2) is 6.57. The fourth-order valence-corrected chi connectivity index (χ4v) is 2.40. The molecule has 2 atom stereocenters. The maximum Gasteiger partial charge on any atom is 0.237 e. The highest BCUT2D eigenvalue weighted by Crippen LogP contribution is 2.15. The van der Waals surface area contributed by atoms with Gasteiger partial charge < -0.3 is 15.4 Å². The molecule has 2 rings (SSSR count). The standard InChI is InChI=1S/C15H22N2O2/c1-11-6-7-16-14(8-11)15(18)17-10-12-4-3-5-13(9-12)19-2/h3-5,9,11,14,16H,6-8,10H2,1-2H3,(H,17,18). The second-order valence-corrected chi connectivity index (χ2v) is 5.21. The van der Waals surface area contributed by atoms with Crippen LogP contribution in [-0.2, 0) is 11.3 Å². The third kappa shape index (κ3) is 3.96. The van der Waals surface area contributed by atoms with Gasteiger partial charge >= 0.3 is 0 Å². The van der Waals surface area contributed by atoms with E-state index in [0.717, 1.165) is 30.7 Å². The molecule has 1 fully saturated rings. The molecule has 1 saturated heterocycles. The molecule has 2 unspecified atom stereocenters. The minimum Gasteiger partial charge on any atom is -0.497 e. The van der Waals surface area contributed by atoms with E-state index in [1.807, 2.05) is 24.3 Å². The van der Waals surface area contributed by atoms with Crippen LogP contribution < -0.4 is 15.4 Å². The summed E-state index contributed by atoms with van der Waals surface area (Å²) in [5.41, 5.74) is 1.05. The molecular formula is C15H22N2O2. The van der Waals surface area contributed by atoms with Gasteiger partial charge in [0.15, 0.2) is 0 Å². The van der Waals surface area contributed by atoms with Crippen molar-refractivity contribution in [2.24, 2.45) is 5.92 Å². The number of rotatable bonds is 4. The highest BCUT2D eigenvalue weighted by atomic mass is 16.5. The molecule has 0 bridgehead atoms. The van der Waals surface area contributed by atoms with Gasteiger partial charge in [0.25, 0.3) is 0 Å². The molecule has 0 radical (unpaired) electrons. The lowest BCUT2D eigenvalue weighted by atomic mass is 9.94. The molecule has 1 heterocycles. The fourth-order valence-electron chi connectivity index (χ4n) is 2.40. The Hall–Kier alpha value is -1.55. The van der Waals surface area contributed by atoms with Crippen molar-refractivity contribution in [3.63, 3.8) is 0 Å². The van der Waals surface area contributed by atoms with E-state index >= 15 is 0 Å². The molecule has 1 aromatic carbocycles. The minimum absolute atomic E-state index is 0.0469. The Morgan fingerprint density at radius 2 is 2.37 bits per heavy atom. The van der Waals surface area contributed by atoms with Gasteiger partial charge in [0, 0.05) is 6.54 Å². The Bertz CT molecular complexity index is 434. The number of hydrogen-bond acceptors (Lipinski definition) is 3. The first kappa shape index (κ1) is 13.9. The summed E-state index contributed by atoms with van der Waals surface area (Å²) in [5, 5.41) is 6.25. The molecule has 1 aliphatic rings. The zero-order valence-corrected chi connectivity index (χ0v) is 11.6. The van der Waals surface area contributed by atoms with Gasteiger partial charge in [-0.3, -0.25) is 4.79 Å². The molecule has 0 aliphatic carbocycles. The lowest BCUT2D eigenvalue weighted by Gasteiger charge is -2.27. The summed E-state index contributed by atoms with van der Waals surface area (Å²) in [6.07, 6.45) is 2.07. The van der Waals surface area contributed by atoms with E-state index in [0.29, 0.717) is 12.5 Å². The quantitative estimate of drug-likeness (QED) is 0.868. The van der Waals surface area contributed by atoms with Crippen LogP contribution in [0, 0.1) is 5.92 Å². The van der Waals surface area contributed by atoms with Crippen LogP contribution in [0.2, 0.25) is 0 Å². The Morgan fingerprint density at radius 1 is 1.53 bits per heavy atom. The zero-order chi connectivity index (χ0) is 13.7. The normalized spacial score (nSPS) is 22.8. The van der Waals surface area contributed by atoms with Gasteiger partial charge in [-0.15, -0.1) is 0 Å². The van der Waals surface area contributed by atoms with Gasteiger partial charge in [0.2, 0.25) is 5.91 Å². The third-order valence-corrected chi connectivity index (χ3v) is 3.58. The summed E-state index contributed by atoms with van der Waals surface area (Å²) in [4.78, 5) is 12.1. The van der Waals surface area contributed by atoms with E-state index in [1.165, 1.54) is 0 Å².